The third kappa shape index (κ3) is 3.25. The minimum Gasteiger partial charge on any atom is -0.481 e. The predicted octanol–water partition coefficient (Wildman–Crippen LogP) is 2.46. The van der Waals surface area contributed by atoms with E-state index in [0.717, 1.165) is 32.4 Å². The van der Waals surface area contributed by atoms with Crippen molar-refractivity contribution >= 4 is 12.0 Å². The summed E-state index contributed by atoms with van der Waals surface area (Å²) in [6, 6.07) is -0.329. The molecule has 2 aliphatic rings. The Balaban J connectivity index is 1.95. The predicted molar refractivity (Wildman–Crippen MR) is 76.5 cm³/mol. The van der Waals surface area contributed by atoms with Crippen molar-refractivity contribution in [3.05, 3.63) is 0 Å². The first-order valence-electron chi connectivity index (χ1n) is 7.76. The molecule has 0 aromatic heterocycles. The number of urea groups is 1. The van der Waals surface area contributed by atoms with Crippen LogP contribution in [0.15, 0.2) is 0 Å². The summed E-state index contributed by atoms with van der Waals surface area (Å²) in [6.45, 7) is 5.37. The molecule has 2 atom stereocenters. The van der Waals surface area contributed by atoms with Gasteiger partial charge in [-0.25, -0.2) is 4.79 Å². The van der Waals surface area contributed by atoms with Crippen molar-refractivity contribution in [2.24, 2.45) is 11.3 Å². The Kier molecular flexibility index (Phi) is 4.55. The highest BCUT2D eigenvalue weighted by Crippen LogP contribution is 2.38. The molecule has 5 nitrogen and oxygen atoms in total. The van der Waals surface area contributed by atoms with Gasteiger partial charge in [0.25, 0.3) is 0 Å². The Morgan fingerprint density at radius 3 is 2.60 bits per heavy atom. The molecule has 2 rings (SSSR count). The Morgan fingerprint density at radius 2 is 2.05 bits per heavy atom. The molecule has 2 N–H and O–H groups in total. The van der Waals surface area contributed by atoms with Gasteiger partial charge in [-0.3, -0.25) is 4.79 Å². The first-order valence-corrected chi connectivity index (χ1v) is 7.76. The highest BCUT2D eigenvalue weighted by Gasteiger charge is 2.46. The van der Waals surface area contributed by atoms with Crippen LogP contribution < -0.4 is 5.32 Å². The van der Waals surface area contributed by atoms with Gasteiger partial charge in [-0.05, 0) is 44.9 Å². The number of nitrogens with one attached hydrogen (secondary N) is 1. The Labute approximate surface area is 120 Å². The van der Waals surface area contributed by atoms with Crippen molar-refractivity contribution in [2.75, 3.05) is 13.1 Å². The van der Waals surface area contributed by atoms with Gasteiger partial charge in [0.1, 0.15) is 0 Å². The molecule has 0 aromatic carbocycles. The zero-order valence-electron chi connectivity index (χ0n) is 12.5. The lowest BCUT2D eigenvalue weighted by atomic mass is 9.85. The molecule has 2 aliphatic carbocycles. The topological polar surface area (TPSA) is 69.6 Å². The minimum absolute atomic E-state index is 0.0851. The largest absolute Gasteiger partial charge is 0.481 e. The molecule has 0 spiro atoms. The molecule has 0 bridgehead atoms. The molecule has 114 valence electrons. The van der Waals surface area contributed by atoms with E-state index in [-0.39, 0.29) is 12.1 Å². The van der Waals surface area contributed by atoms with E-state index in [1.807, 2.05) is 4.90 Å². The van der Waals surface area contributed by atoms with E-state index in [2.05, 4.69) is 12.2 Å². The Hall–Kier alpha value is -1.26. The van der Waals surface area contributed by atoms with Crippen LogP contribution >= 0.6 is 0 Å². The second-order valence-electron chi connectivity index (χ2n) is 6.51. The van der Waals surface area contributed by atoms with Crippen LogP contribution in [-0.4, -0.2) is 41.1 Å². The molecule has 0 radical (unpaired) electrons. The molecule has 2 amide bonds. The van der Waals surface area contributed by atoms with Crippen LogP contribution in [0.25, 0.3) is 0 Å². The van der Waals surface area contributed by atoms with Gasteiger partial charge in [-0.2, -0.15) is 0 Å². The summed E-state index contributed by atoms with van der Waals surface area (Å²) in [5, 5.41) is 12.4. The van der Waals surface area contributed by atoms with Crippen molar-refractivity contribution < 1.29 is 14.7 Å². The van der Waals surface area contributed by atoms with Gasteiger partial charge in [0, 0.05) is 19.1 Å². The molecule has 20 heavy (non-hydrogen) atoms. The Morgan fingerprint density at radius 1 is 1.35 bits per heavy atom. The van der Waals surface area contributed by atoms with Crippen molar-refractivity contribution in [1.29, 1.82) is 0 Å². The standard InChI is InChI=1S/C15H26N2O3/c1-3-9-17(10-11-6-7-11)14(20)16-12-5-4-8-15(12,2)13(18)19/h11-12H,3-10H2,1-2H3,(H,16,20)(H,18,19). The van der Waals surface area contributed by atoms with Crippen LogP contribution in [0, 0.1) is 11.3 Å². The van der Waals surface area contributed by atoms with Crippen molar-refractivity contribution in [3.8, 4) is 0 Å². The molecule has 0 saturated heterocycles. The highest BCUT2D eigenvalue weighted by molar-refractivity contribution is 5.79. The number of hydrogen-bond acceptors (Lipinski definition) is 2. The number of amides is 2. The smallest absolute Gasteiger partial charge is 0.317 e. The molecule has 0 aromatic rings. The number of aliphatic carboxylic acids is 1. The fourth-order valence-electron chi connectivity index (χ4n) is 3.05. The second-order valence-corrected chi connectivity index (χ2v) is 6.51. The average Bonchev–Trinajstić information content (AvgIpc) is 3.13. The van der Waals surface area contributed by atoms with Gasteiger partial charge in [0.05, 0.1) is 5.41 Å². The molecule has 2 saturated carbocycles. The number of carbonyl (C=O) groups excluding carboxylic acids is 1. The summed E-state index contributed by atoms with van der Waals surface area (Å²) < 4.78 is 0. The molecule has 2 unspecified atom stereocenters. The maximum atomic E-state index is 12.4. The number of rotatable bonds is 6. The fourth-order valence-corrected chi connectivity index (χ4v) is 3.05. The SMILES string of the molecule is CCCN(CC1CC1)C(=O)NC1CCCC1(C)C(=O)O. The van der Waals surface area contributed by atoms with Crippen LogP contribution in [0.1, 0.15) is 52.4 Å². The first kappa shape index (κ1) is 15.1. The van der Waals surface area contributed by atoms with Gasteiger partial charge < -0.3 is 15.3 Å². The van der Waals surface area contributed by atoms with Gasteiger partial charge in [0.2, 0.25) is 0 Å². The molecule has 5 heteroatoms. The van der Waals surface area contributed by atoms with Gasteiger partial charge in [-0.1, -0.05) is 13.3 Å². The molecule has 2 fully saturated rings. The molecule has 0 heterocycles. The normalized spacial score (nSPS) is 29.2. The van der Waals surface area contributed by atoms with E-state index in [1.54, 1.807) is 6.92 Å². The minimum atomic E-state index is -0.812. The van der Waals surface area contributed by atoms with E-state index in [0.29, 0.717) is 12.3 Å². The van der Waals surface area contributed by atoms with E-state index in [4.69, 9.17) is 0 Å². The zero-order chi connectivity index (χ0) is 14.8. The summed E-state index contributed by atoms with van der Waals surface area (Å²) in [5.41, 5.74) is -0.812. The van der Waals surface area contributed by atoms with Gasteiger partial charge >= 0.3 is 12.0 Å². The van der Waals surface area contributed by atoms with Crippen LogP contribution in [0.4, 0.5) is 4.79 Å². The van der Waals surface area contributed by atoms with E-state index >= 15 is 0 Å². The summed E-state index contributed by atoms with van der Waals surface area (Å²) in [7, 11) is 0. The summed E-state index contributed by atoms with van der Waals surface area (Å²) in [6.07, 6.45) is 5.63. The number of hydrogen-bond donors (Lipinski definition) is 2. The number of carboxylic acids is 1. The van der Waals surface area contributed by atoms with Gasteiger partial charge in [-0.15, -0.1) is 0 Å². The summed E-state index contributed by atoms with van der Waals surface area (Å²) >= 11 is 0. The van der Waals surface area contributed by atoms with Crippen molar-refractivity contribution in [3.63, 3.8) is 0 Å². The lowest BCUT2D eigenvalue weighted by Gasteiger charge is -2.31. The van der Waals surface area contributed by atoms with Crippen LogP contribution in [0.5, 0.6) is 0 Å². The maximum Gasteiger partial charge on any atom is 0.317 e. The number of carboxylic acid groups (broad SMARTS) is 1. The molecule has 0 aliphatic heterocycles. The van der Waals surface area contributed by atoms with Crippen LogP contribution in [0.3, 0.4) is 0 Å². The second kappa shape index (κ2) is 6.02. The third-order valence-electron chi connectivity index (χ3n) is 4.70. The van der Waals surface area contributed by atoms with Gasteiger partial charge in [0.15, 0.2) is 0 Å². The van der Waals surface area contributed by atoms with E-state index in [1.165, 1.54) is 12.8 Å². The van der Waals surface area contributed by atoms with Crippen LogP contribution in [-0.2, 0) is 4.79 Å². The monoisotopic (exact) mass is 282 g/mol. The van der Waals surface area contributed by atoms with E-state index < -0.39 is 11.4 Å². The fraction of sp³-hybridized carbons (Fsp3) is 0.867. The highest BCUT2D eigenvalue weighted by atomic mass is 16.4. The van der Waals surface area contributed by atoms with Crippen LogP contribution in [0.2, 0.25) is 0 Å². The zero-order valence-corrected chi connectivity index (χ0v) is 12.5. The third-order valence-corrected chi connectivity index (χ3v) is 4.70. The average molecular weight is 282 g/mol. The first-order chi connectivity index (χ1) is 9.47. The van der Waals surface area contributed by atoms with Crippen molar-refractivity contribution in [2.45, 2.75) is 58.4 Å². The summed E-state index contributed by atoms with van der Waals surface area (Å²) in [4.78, 5) is 25.7. The lowest BCUT2D eigenvalue weighted by molar-refractivity contribution is -0.148. The molecular formula is C15H26N2O3. The summed E-state index contributed by atoms with van der Waals surface area (Å²) in [5.74, 6) is -0.147. The number of carbonyl (C=O) groups is 2. The van der Waals surface area contributed by atoms with E-state index in [9.17, 15) is 14.7 Å². The Bertz CT molecular complexity index is 381. The molecular weight excluding hydrogens is 256 g/mol. The quantitative estimate of drug-likeness (QED) is 0.786. The number of nitrogens with zero attached hydrogens (tertiary/aromatic N) is 1. The lowest BCUT2D eigenvalue weighted by Crippen LogP contribution is -2.52. The van der Waals surface area contributed by atoms with Crippen molar-refractivity contribution in [1.82, 2.24) is 10.2 Å². The maximum absolute atomic E-state index is 12.4.